The predicted octanol–water partition coefficient (Wildman–Crippen LogP) is 3.97. The minimum Gasteiger partial charge on any atom is -0.383 e. The molecule has 34 heavy (non-hydrogen) atoms. The van der Waals surface area contributed by atoms with E-state index in [0.717, 1.165) is 44.1 Å². The molecule has 0 aliphatic carbocycles. The van der Waals surface area contributed by atoms with Crippen LogP contribution in [0, 0.1) is 13.8 Å². The van der Waals surface area contributed by atoms with Crippen molar-refractivity contribution >= 4 is 51.3 Å². The molecule has 0 atom stereocenters. The van der Waals surface area contributed by atoms with Gasteiger partial charge >= 0.3 is 0 Å². The summed E-state index contributed by atoms with van der Waals surface area (Å²) in [6, 6.07) is 7.38. The highest BCUT2D eigenvalue weighted by atomic mass is 35.5. The molecule has 1 aliphatic rings. The van der Waals surface area contributed by atoms with Gasteiger partial charge in [-0.1, -0.05) is 35.1 Å². The van der Waals surface area contributed by atoms with Crippen LogP contribution in [0.15, 0.2) is 30.5 Å². The maximum absolute atomic E-state index is 12.7. The number of nitrogens with zero attached hydrogens (tertiary/aromatic N) is 5. The summed E-state index contributed by atoms with van der Waals surface area (Å²) in [5.41, 5.74) is 1.49. The second-order valence-corrected chi connectivity index (χ2v) is 9.37. The molecule has 180 valence electrons. The van der Waals surface area contributed by atoms with Crippen LogP contribution >= 0.6 is 22.9 Å². The Hall–Kier alpha value is -2.79. The molecule has 0 saturated carbocycles. The third-order valence-corrected chi connectivity index (χ3v) is 6.72. The van der Waals surface area contributed by atoms with Gasteiger partial charge in [-0.15, -0.1) is 0 Å². The summed E-state index contributed by atoms with van der Waals surface area (Å²) < 4.78 is 12.2. The monoisotopic (exact) mass is 503 g/mol. The molecular formula is C23H28ClN7O2S. The Bertz CT molecular complexity index is 1150. The van der Waals surface area contributed by atoms with Crippen molar-refractivity contribution in [3.63, 3.8) is 0 Å². The molecule has 3 heterocycles. The fourth-order valence-electron chi connectivity index (χ4n) is 3.68. The molecule has 2 N–H and O–H groups in total. The number of hydrogen-bond acceptors (Lipinski definition) is 9. The van der Waals surface area contributed by atoms with E-state index >= 15 is 0 Å². The number of anilines is 4. The van der Waals surface area contributed by atoms with E-state index < -0.39 is 0 Å². The number of aromatic nitrogens is 3. The van der Waals surface area contributed by atoms with Crippen molar-refractivity contribution in [3.8, 4) is 0 Å². The Morgan fingerprint density at radius 1 is 1.26 bits per heavy atom. The molecule has 1 saturated heterocycles. The number of hydrogen-bond donors (Lipinski definition) is 2. The number of rotatable bonds is 8. The first kappa shape index (κ1) is 23.0. The summed E-state index contributed by atoms with van der Waals surface area (Å²) in [5.74, 6) is 1.87. The second-order valence-electron chi connectivity index (χ2n) is 7.94. The maximum Gasteiger partial charge on any atom is 0.267 e. The van der Waals surface area contributed by atoms with E-state index in [0.29, 0.717) is 39.0 Å². The van der Waals surface area contributed by atoms with Gasteiger partial charge in [-0.2, -0.15) is 0 Å². The van der Waals surface area contributed by atoms with Crippen LogP contribution < -0.4 is 15.5 Å². The molecule has 0 spiro atoms. The van der Waals surface area contributed by atoms with Crippen LogP contribution in [-0.4, -0.2) is 72.2 Å². The number of thiazole rings is 1. The minimum atomic E-state index is -0.266. The van der Waals surface area contributed by atoms with E-state index in [2.05, 4.69) is 35.4 Å². The number of nitrogens with one attached hydrogen (secondary N) is 2. The topological polar surface area (TPSA) is 95.5 Å². The molecule has 0 unspecified atom stereocenters. The summed E-state index contributed by atoms with van der Waals surface area (Å²) >= 11 is 7.47. The van der Waals surface area contributed by atoms with Crippen LogP contribution in [0.3, 0.4) is 0 Å². The number of carbonyl (C=O) groups is 1. The molecule has 0 radical (unpaired) electrons. The number of ether oxygens (including phenoxy) is 1. The number of aryl methyl sites for hydroxylation is 2. The zero-order valence-corrected chi connectivity index (χ0v) is 20.7. The summed E-state index contributed by atoms with van der Waals surface area (Å²) in [5, 5.41) is 7.14. The van der Waals surface area contributed by atoms with Gasteiger partial charge < -0.3 is 20.3 Å². The molecule has 11 heteroatoms. The van der Waals surface area contributed by atoms with E-state index in [9.17, 15) is 4.79 Å². The molecule has 1 aromatic carbocycles. The molecule has 0 bridgehead atoms. The van der Waals surface area contributed by atoms with Crippen LogP contribution in [0.1, 0.15) is 22.4 Å². The van der Waals surface area contributed by atoms with Crippen molar-refractivity contribution in [1.82, 2.24) is 19.9 Å². The van der Waals surface area contributed by atoms with E-state index in [1.807, 2.05) is 32.0 Å². The highest BCUT2D eigenvalue weighted by molar-refractivity contribution is 7.17. The van der Waals surface area contributed by atoms with Gasteiger partial charge in [0.25, 0.3) is 5.91 Å². The first-order chi connectivity index (χ1) is 16.9. The molecule has 1 aliphatic heterocycles. The quantitative estimate of drug-likeness (QED) is 0.446. The van der Waals surface area contributed by atoms with Crippen LogP contribution in [0.5, 0.6) is 0 Å². The highest BCUT2D eigenvalue weighted by Crippen LogP contribution is 2.28. The van der Waals surface area contributed by atoms with E-state index in [1.165, 1.54) is 17.5 Å². The Morgan fingerprint density at radius 3 is 2.85 bits per heavy atom. The van der Waals surface area contributed by atoms with Crippen molar-refractivity contribution < 1.29 is 10.9 Å². The number of halogens is 1. The lowest BCUT2D eigenvalue weighted by molar-refractivity contribution is 0.103. The number of para-hydroxylation sites is 1. The van der Waals surface area contributed by atoms with E-state index in [-0.39, 0.29) is 13.0 Å². The van der Waals surface area contributed by atoms with Crippen LogP contribution in [-0.2, 0) is 4.74 Å². The molecule has 1 fully saturated rings. The number of piperazine rings is 1. The Balaban J connectivity index is 1.38. The minimum absolute atomic E-state index is 0.00225. The van der Waals surface area contributed by atoms with Gasteiger partial charge in [-0.3, -0.25) is 9.69 Å². The first-order valence-electron chi connectivity index (χ1n) is 11.6. The van der Waals surface area contributed by atoms with Gasteiger partial charge in [-0.25, -0.2) is 15.0 Å². The molecule has 1 amide bonds. The van der Waals surface area contributed by atoms with Gasteiger partial charge in [-0.05, 0) is 25.5 Å². The Kier molecular flexibility index (Phi) is 7.49. The normalized spacial score (nSPS) is 14.7. The van der Waals surface area contributed by atoms with Crippen LogP contribution in [0.2, 0.25) is 5.02 Å². The number of methoxy groups -OCH3 is 1. The van der Waals surface area contributed by atoms with Gasteiger partial charge in [0, 0.05) is 45.9 Å². The fourth-order valence-corrected chi connectivity index (χ4v) is 4.67. The second kappa shape index (κ2) is 11.1. The van der Waals surface area contributed by atoms with Gasteiger partial charge in [0.05, 0.1) is 24.9 Å². The number of amides is 1. The first-order valence-corrected chi connectivity index (χ1v) is 12.1. The molecule has 4 rings (SSSR count). The lowest BCUT2D eigenvalue weighted by atomic mass is 10.2. The van der Waals surface area contributed by atoms with Crippen molar-refractivity contribution in [2.24, 2.45) is 0 Å². The van der Waals surface area contributed by atoms with Gasteiger partial charge in [0.2, 0.25) is 0 Å². The van der Waals surface area contributed by atoms with Crippen molar-refractivity contribution in [1.29, 1.82) is 0 Å². The summed E-state index contributed by atoms with van der Waals surface area (Å²) in [6.45, 7) is 8.67. The zero-order chi connectivity index (χ0) is 24.8. The summed E-state index contributed by atoms with van der Waals surface area (Å²) in [7, 11) is 0.00225. The van der Waals surface area contributed by atoms with Crippen LogP contribution in [0.4, 0.5) is 22.5 Å². The maximum atomic E-state index is 12.7. The van der Waals surface area contributed by atoms with Crippen molar-refractivity contribution in [3.05, 3.63) is 51.7 Å². The Morgan fingerprint density at radius 2 is 2.09 bits per heavy atom. The fraction of sp³-hybridized carbons (Fsp3) is 0.391. The SMILES string of the molecule is [3H]COCCN1CCN(c2cc(Nc3ncc(C(=O)Nc4c(C)cccc4Cl)s3)nc(C)n2)CC1. The molecule has 3 aromatic rings. The van der Waals surface area contributed by atoms with Crippen molar-refractivity contribution in [2.75, 3.05) is 62.0 Å². The molecule has 2 aromatic heterocycles. The highest BCUT2D eigenvalue weighted by Gasteiger charge is 2.19. The van der Waals surface area contributed by atoms with Gasteiger partial charge in [0.15, 0.2) is 5.13 Å². The summed E-state index contributed by atoms with van der Waals surface area (Å²) in [6.07, 6.45) is 1.53. The third-order valence-electron chi connectivity index (χ3n) is 5.50. The Labute approximate surface area is 209 Å². The van der Waals surface area contributed by atoms with E-state index in [1.54, 1.807) is 6.07 Å². The molecule has 9 nitrogen and oxygen atoms in total. The number of benzene rings is 1. The average molecular weight is 504 g/mol. The summed E-state index contributed by atoms with van der Waals surface area (Å²) in [4.78, 5) is 31.2. The van der Waals surface area contributed by atoms with Gasteiger partial charge in [0.1, 0.15) is 22.3 Å². The van der Waals surface area contributed by atoms with Crippen LogP contribution in [0.25, 0.3) is 0 Å². The lowest BCUT2D eigenvalue weighted by Crippen LogP contribution is -2.47. The van der Waals surface area contributed by atoms with Crippen molar-refractivity contribution in [2.45, 2.75) is 13.8 Å². The lowest BCUT2D eigenvalue weighted by Gasteiger charge is -2.35. The third kappa shape index (κ3) is 6.01. The predicted molar refractivity (Wildman–Crippen MR) is 137 cm³/mol. The standard InChI is InChI=1S/C23H28ClN7O2S/c1-15-5-4-6-17(24)21(15)29-22(32)18-14-25-23(34-18)28-19-13-20(27-16(2)26-19)31-9-7-30(8-10-31)11-12-33-3/h4-6,13-14H,7-12H2,1-3H3,(H,29,32)(H,25,26,27,28)/i3T. The largest absolute Gasteiger partial charge is 0.383 e. The van der Waals surface area contributed by atoms with E-state index in [4.69, 9.17) is 17.7 Å². The molecular weight excluding hydrogens is 474 g/mol. The number of carbonyl (C=O) groups excluding carboxylic acids is 1. The smallest absolute Gasteiger partial charge is 0.267 e. The average Bonchev–Trinajstić information content (AvgIpc) is 3.30. The zero-order valence-electron chi connectivity index (χ0n) is 20.2.